The lowest BCUT2D eigenvalue weighted by molar-refractivity contribution is -0.373. The van der Waals surface area contributed by atoms with Crippen LogP contribution in [-0.2, 0) is 61.6 Å². The summed E-state index contributed by atoms with van der Waals surface area (Å²) in [5, 5.41) is 65.9. The average molecular weight is 1170 g/mol. The van der Waals surface area contributed by atoms with E-state index in [-0.39, 0.29) is 35.7 Å². The van der Waals surface area contributed by atoms with Gasteiger partial charge in [-0.05, 0) is 114 Å². The molecule has 8 aliphatic rings. The predicted molar refractivity (Wildman–Crippen MR) is 293 cm³/mol. The maximum absolute atomic E-state index is 14.1. The highest BCUT2D eigenvalue weighted by Gasteiger charge is 2.72. The monoisotopic (exact) mass is 1170 g/mol. The van der Waals surface area contributed by atoms with Crippen molar-refractivity contribution >= 4 is 11.9 Å². The predicted octanol–water partition coefficient (Wildman–Crippen LogP) is 4.52. The fourth-order valence-electron chi connectivity index (χ4n) is 15.8. The van der Waals surface area contributed by atoms with Crippen LogP contribution < -0.4 is 0 Å². The van der Waals surface area contributed by atoms with Gasteiger partial charge in [0.1, 0.15) is 67.1 Å². The molecule has 83 heavy (non-hydrogen) atoms. The lowest BCUT2D eigenvalue weighted by Crippen LogP contribution is -2.67. The number of allylic oxidation sites excluding steroid dienone is 1. The summed E-state index contributed by atoms with van der Waals surface area (Å²) in [6, 6.07) is 17.9. The molecule has 0 aromatic heterocycles. The molecule has 6 N–H and O–H groups in total. The third-order valence-electron chi connectivity index (χ3n) is 20.5. The molecule has 0 amide bonds. The third-order valence-corrected chi connectivity index (χ3v) is 20.5. The third kappa shape index (κ3) is 11.9. The number of hydrogen-bond donors (Lipinski definition) is 6. The van der Waals surface area contributed by atoms with Crippen LogP contribution in [0.15, 0.2) is 72.3 Å². The van der Waals surface area contributed by atoms with Crippen molar-refractivity contribution in [1.82, 2.24) is 0 Å². The van der Waals surface area contributed by atoms with Crippen LogP contribution in [0.4, 0.5) is 0 Å². The Kier molecular flexibility index (Phi) is 19.3. The van der Waals surface area contributed by atoms with Gasteiger partial charge in [-0.1, -0.05) is 61.9 Å². The van der Waals surface area contributed by atoms with Crippen molar-refractivity contribution in [3.05, 3.63) is 83.4 Å². The molecule has 4 saturated heterocycles. The summed E-state index contributed by atoms with van der Waals surface area (Å²) in [6.45, 7) is 11.0. The van der Waals surface area contributed by atoms with Crippen molar-refractivity contribution < 1.29 is 102 Å². The number of methoxy groups -OCH3 is 3. The highest BCUT2D eigenvalue weighted by molar-refractivity contribution is 5.90. The van der Waals surface area contributed by atoms with E-state index in [9.17, 15) is 40.2 Å². The first-order valence-electron chi connectivity index (χ1n) is 29.8. The molecule has 4 aliphatic heterocycles. The summed E-state index contributed by atoms with van der Waals surface area (Å²) >= 11 is 0. The molecule has 4 heterocycles. The zero-order chi connectivity index (χ0) is 59.3. The fraction of sp³-hybridized carbons (Fsp3) is 0.742. The molecule has 2 aromatic carbocycles. The van der Waals surface area contributed by atoms with E-state index >= 15 is 0 Å². The minimum absolute atomic E-state index is 0.00960. The second-order valence-corrected chi connectivity index (χ2v) is 24.9. The Morgan fingerprint density at radius 3 is 1.83 bits per heavy atom. The number of aliphatic hydroxyl groups is 6. The zero-order valence-corrected chi connectivity index (χ0v) is 49.1. The zero-order valence-electron chi connectivity index (χ0n) is 49.1. The van der Waals surface area contributed by atoms with Gasteiger partial charge in [-0.25, -0.2) is 9.59 Å². The highest BCUT2D eigenvalue weighted by Crippen LogP contribution is 2.69. The molecule has 0 radical (unpaired) electrons. The second kappa shape index (κ2) is 25.6. The van der Waals surface area contributed by atoms with Gasteiger partial charge in [0.15, 0.2) is 25.2 Å². The number of carbonyl (C=O) groups is 2. The average Bonchev–Trinajstić information content (AvgIpc) is 2.38. The van der Waals surface area contributed by atoms with Crippen LogP contribution in [0.25, 0.3) is 0 Å². The Bertz CT molecular complexity index is 2520. The topological polar surface area (TPSA) is 276 Å². The van der Waals surface area contributed by atoms with Gasteiger partial charge in [0.2, 0.25) is 0 Å². The summed E-state index contributed by atoms with van der Waals surface area (Å²) in [5.41, 5.74) is -0.301. The van der Waals surface area contributed by atoms with Crippen molar-refractivity contribution in [3.8, 4) is 0 Å². The smallest absolute Gasteiger partial charge is 0.338 e. The van der Waals surface area contributed by atoms with E-state index in [1.54, 1.807) is 57.5 Å². The quantitative estimate of drug-likeness (QED) is 0.0938. The van der Waals surface area contributed by atoms with Crippen molar-refractivity contribution in [2.24, 2.45) is 28.6 Å². The molecule has 0 bridgehead atoms. The molecule has 4 aliphatic carbocycles. The Hall–Kier alpha value is -3.56. The van der Waals surface area contributed by atoms with E-state index in [0.717, 1.165) is 12.8 Å². The molecule has 2 aromatic rings. The lowest BCUT2D eigenvalue weighted by atomic mass is 9.44. The molecule has 462 valence electrons. The van der Waals surface area contributed by atoms with Crippen LogP contribution in [0.5, 0.6) is 0 Å². The molecule has 27 atom stereocenters. The second-order valence-electron chi connectivity index (χ2n) is 24.9. The molecule has 3 saturated carbocycles. The van der Waals surface area contributed by atoms with Gasteiger partial charge >= 0.3 is 11.9 Å². The molecular formula is C62H88O21. The summed E-state index contributed by atoms with van der Waals surface area (Å²) in [4.78, 5) is 27.5. The van der Waals surface area contributed by atoms with Gasteiger partial charge in [-0.2, -0.15) is 0 Å². The Balaban J connectivity index is 0.760. The fourth-order valence-corrected chi connectivity index (χ4v) is 15.8. The van der Waals surface area contributed by atoms with Crippen LogP contribution in [0.3, 0.4) is 0 Å². The normalized spacial score (nSPS) is 45.7. The number of fused-ring (bicyclic) bond motifs is 5. The first kappa shape index (κ1) is 62.5. The van der Waals surface area contributed by atoms with Crippen LogP contribution in [0, 0.1) is 28.6 Å². The van der Waals surface area contributed by atoms with E-state index in [2.05, 4.69) is 19.9 Å². The minimum Gasteiger partial charge on any atom is -0.459 e. The summed E-state index contributed by atoms with van der Waals surface area (Å²) in [6.07, 6.45) is -11.9. The largest absolute Gasteiger partial charge is 0.459 e. The SMILES string of the molecule is CO[C@H]1[C@@H](O)[C@H](O[C@@H]2[C@@H](C)O[C@@H](O[C@H]3[C@@H](OC)C[C@H](O[C@H]4CC[C@@]5(C)C(=CC[C@@H]6[C@@H]5C[C@@H](OC(=O)c5ccccc5)[C@]5(C)[C@@H]([C@@H](C)OC(=O)c7ccccc7)CC[C@]65O)C4)O[C@@H]3C)C[C@H]2OC)O[C@H](C)[C@H]1O[C@@H]1O[C@H](CO)[C@@H](O)[C@H](O)[C@H]1O. The Morgan fingerprint density at radius 1 is 0.639 bits per heavy atom. The summed E-state index contributed by atoms with van der Waals surface area (Å²) in [5.74, 6) is -1.29. The van der Waals surface area contributed by atoms with Gasteiger partial charge in [0, 0.05) is 45.5 Å². The molecule has 0 unspecified atom stereocenters. The Morgan fingerprint density at radius 2 is 1.22 bits per heavy atom. The van der Waals surface area contributed by atoms with Crippen LogP contribution in [0.2, 0.25) is 0 Å². The van der Waals surface area contributed by atoms with Gasteiger partial charge in [0.25, 0.3) is 0 Å². The van der Waals surface area contributed by atoms with Crippen molar-refractivity contribution in [1.29, 1.82) is 0 Å². The number of aliphatic hydroxyl groups excluding tert-OH is 5. The molecule has 21 nitrogen and oxygen atoms in total. The van der Waals surface area contributed by atoms with E-state index in [1.807, 2.05) is 45.0 Å². The van der Waals surface area contributed by atoms with E-state index < -0.39 is 152 Å². The molecular weight excluding hydrogens is 1080 g/mol. The number of esters is 2. The Labute approximate surface area is 486 Å². The summed E-state index contributed by atoms with van der Waals surface area (Å²) in [7, 11) is 4.56. The van der Waals surface area contributed by atoms with Gasteiger partial charge in [-0.15, -0.1) is 0 Å². The van der Waals surface area contributed by atoms with Crippen LogP contribution >= 0.6 is 0 Å². The van der Waals surface area contributed by atoms with Crippen LogP contribution in [0.1, 0.15) is 120 Å². The van der Waals surface area contributed by atoms with E-state index in [0.29, 0.717) is 49.7 Å². The van der Waals surface area contributed by atoms with Crippen molar-refractivity contribution in [2.75, 3.05) is 27.9 Å². The number of rotatable bonds is 17. The standard InChI is InChI=1S/C62H88O21/c1-31(76-56(68)35-16-12-10-13-17-35)39-23-25-62(70)40-21-20-37-26-38(22-24-60(37,5)41(40)27-45(61(39,62)6)80-57(69)36-18-14-11-15-19-36)78-46-28-42(71-7)52(32(2)74-46)81-47-29-43(72-8)53(33(3)75-47)82-59-51(67)55(73-9)54(34(4)77-59)83-58-50(66)49(65)48(64)44(30-63)79-58/h10-20,31-34,38-55,58-59,63-67,70H,21-30H2,1-9H3/t31-,32-,33-,34-,38+,39-,40-,41+,42+,43-,44-,45-,46+,47+,48-,49+,50-,51-,52-,53-,54-,55+,58+,59+,60+,61+,62+/m1/s1. The van der Waals surface area contributed by atoms with Crippen molar-refractivity contribution in [3.63, 3.8) is 0 Å². The minimum atomic E-state index is -1.67. The molecule has 10 rings (SSSR count). The molecule has 7 fully saturated rings. The number of carbonyl (C=O) groups excluding carboxylic acids is 2. The number of ether oxygens (including phenoxy) is 13. The van der Waals surface area contributed by atoms with Crippen LogP contribution in [-0.4, -0.2) is 205 Å². The highest BCUT2D eigenvalue weighted by atomic mass is 16.8. The number of hydrogen-bond acceptors (Lipinski definition) is 21. The van der Waals surface area contributed by atoms with Gasteiger partial charge < -0.3 is 92.2 Å². The van der Waals surface area contributed by atoms with Gasteiger partial charge in [-0.3, -0.25) is 0 Å². The van der Waals surface area contributed by atoms with Gasteiger partial charge in [0.05, 0.1) is 60.0 Å². The van der Waals surface area contributed by atoms with E-state index in [4.69, 9.17) is 61.6 Å². The first-order chi connectivity index (χ1) is 39.7. The maximum atomic E-state index is 14.1. The van der Waals surface area contributed by atoms with Crippen molar-refractivity contribution in [2.45, 2.75) is 234 Å². The summed E-state index contributed by atoms with van der Waals surface area (Å²) < 4.78 is 81.2. The lowest BCUT2D eigenvalue weighted by Gasteiger charge is -2.63. The van der Waals surface area contributed by atoms with E-state index in [1.165, 1.54) is 12.7 Å². The maximum Gasteiger partial charge on any atom is 0.338 e. The number of benzene rings is 2. The molecule has 0 spiro atoms. The first-order valence-corrected chi connectivity index (χ1v) is 29.8. The molecule has 21 heteroatoms.